The summed E-state index contributed by atoms with van der Waals surface area (Å²) in [5, 5.41) is 2.68. The van der Waals surface area contributed by atoms with Crippen LogP contribution in [-0.4, -0.2) is 26.7 Å². The van der Waals surface area contributed by atoms with Crippen molar-refractivity contribution in [1.82, 2.24) is 14.9 Å². The Morgan fingerprint density at radius 3 is 2.46 bits per heavy atom. The van der Waals surface area contributed by atoms with Crippen molar-refractivity contribution in [1.29, 1.82) is 0 Å². The lowest BCUT2D eigenvalue weighted by Gasteiger charge is -2.19. The van der Waals surface area contributed by atoms with E-state index in [1.807, 2.05) is 54.1 Å². The van der Waals surface area contributed by atoms with Gasteiger partial charge in [0.2, 0.25) is 5.91 Å². The van der Waals surface area contributed by atoms with Crippen LogP contribution in [0.3, 0.4) is 0 Å². The summed E-state index contributed by atoms with van der Waals surface area (Å²) in [6.45, 7) is 0. The van der Waals surface area contributed by atoms with Crippen LogP contribution in [0.5, 0.6) is 0 Å². The van der Waals surface area contributed by atoms with Crippen LogP contribution in [0.15, 0.2) is 54.6 Å². The number of carbonyl (C=O) groups is 1. The number of nitrogens with one attached hydrogen (secondary N) is 1. The molecule has 0 bridgehead atoms. The number of imidazole rings is 1. The Morgan fingerprint density at radius 1 is 1.15 bits per heavy atom. The molecular weight excluding hydrogens is 363 g/mol. The number of fused-ring (bicyclic) bond motifs is 1. The van der Waals surface area contributed by atoms with Crippen molar-refractivity contribution in [2.45, 2.75) is 11.6 Å². The minimum atomic E-state index is -4.45. The van der Waals surface area contributed by atoms with E-state index in [1.54, 1.807) is 12.1 Å². The van der Waals surface area contributed by atoms with Crippen LogP contribution < -0.4 is 5.32 Å². The van der Waals surface area contributed by atoms with Crippen molar-refractivity contribution >= 4 is 28.7 Å². The molecule has 1 atom stereocenters. The van der Waals surface area contributed by atoms with E-state index >= 15 is 0 Å². The maximum atomic E-state index is 12.4. The number of para-hydroxylation sites is 2. The number of hydrogen-bond donors (Lipinski definition) is 1. The molecule has 8 heteroatoms. The van der Waals surface area contributed by atoms with Crippen molar-refractivity contribution in [2.75, 3.05) is 5.75 Å². The predicted molar refractivity (Wildman–Crippen MR) is 95.7 cm³/mol. The van der Waals surface area contributed by atoms with Gasteiger partial charge in [0.05, 0.1) is 16.8 Å². The van der Waals surface area contributed by atoms with Crippen LogP contribution in [0.2, 0.25) is 0 Å². The smallest absolute Gasteiger partial charge is 0.341 e. The van der Waals surface area contributed by atoms with Gasteiger partial charge in [-0.15, -0.1) is 0 Å². The molecule has 0 radical (unpaired) electrons. The first kappa shape index (κ1) is 18.3. The Balaban J connectivity index is 1.93. The van der Waals surface area contributed by atoms with Gasteiger partial charge in [0, 0.05) is 7.05 Å². The molecule has 1 heterocycles. The normalized spacial score (nSPS) is 12.9. The van der Waals surface area contributed by atoms with Gasteiger partial charge in [0.1, 0.15) is 11.9 Å². The number of aryl methyl sites for hydroxylation is 1. The zero-order valence-corrected chi connectivity index (χ0v) is 14.6. The standard InChI is InChI=1S/C18H16F3N3OS/c1-24-14-10-6-5-9-13(14)22-17(24)16(12-7-3-2-4-8-12)23-15(25)11-26-18(19,20)21/h2-10,16H,11H2,1H3,(H,23,25). The number of alkyl halides is 3. The van der Waals surface area contributed by atoms with Crippen molar-refractivity contribution < 1.29 is 18.0 Å². The Hall–Kier alpha value is -2.48. The number of aromatic nitrogens is 2. The lowest BCUT2D eigenvalue weighted by atomic mass is 10.1. The van der Waals surface area contributed by atoms with Crippen molar-refractivity contribution in [3.05, 3.63) is 66.0 Å². The first-order valence-corrected chi connectivity index (χ1v) is 8.80. The summed E-state index contributed by atoms with van der Waals surface area (Å²) in [4.78, 5) is 16.7. The van der Waals surface area contributed by atoms with E-state index in [0.717, 1.165) is 16.6 Å². The molecule has 0 fully saturated rings. The first-order valence-electron chi connectivity index (χ1n) is 7.81. The molecule has 3 aromatic rings. The maximum Gasteiger partial charge on any atom is 0.442 e. The van der Waals surface area contributed by atoms with Gasteiger partial charge in [-0.25, -0.2) is 4.98 Å². The first-order chi connectivity index (χ1) is 12.3. The van der Waals surface area contributed by atoms with E-state index in [4.69, 9.17) is 0 Å². The molecule has 0 aliphatic rings. The topological polar surface area (TPSA) is 46.9 Å². The lowest BCUT2D eigenvalue weighted by molar-refractivity contribution is -0.119. The number of hydrogen-bond acceptors (Lipinski definition) is 3. The summed E-state index contributed by atoms with van der Waals surface area (Å²) in [7, 11) is 1.82. The Morgan fingerprint density at radius 2 is 1.81 bits per heavy atom. The minimum absolute atomic E-state index is 0.356. The van der Waals surface area contributed by atoms with Gasteiger partial charge in [-0.3, -0.25) is 4.79 Å². The van der Waals surface area contributed by atoms with Crippen LogP contribution >= 0.6 is 11.8 Å². The Kier molecular flexibility index (Phi) is 5.22. The summed E-state index contributed by atoms with van der Waals surface area (Å²) in [5.74, 6) is -0.840. The molecule has 3 rings (SSSR count). The molecule has 0 aliphatic heterocycles. The zero-order chi connectivity index (χ0) is 18.7. The molecule has 26 heavy (non-hydrogen) atoms. The molecule has 0 saturated heterocycles. The fourth-order valence-electron chi connectivity index (χ4n) is 2.71. The zero-order valence-electron chi connectivity index (χ0n) is 13.8. The quantitative estimate of drug-likeness (QED) is 0.728. The molecule has 4 nitrogen and oxygen atoms in total. The monoisotopic (exact) mass is 379 g/mol. The van der Waals surface area contributed by atoms with Gasteiger partial charge < -0.3 is 9.88 Å². The summed E-state index contributed by atoms with van der Waals surface area (Å²) in [6, 6.07) is 15.9. The fourth-order valence-corrected chi connectivity index (χ4v) is 3.09. The van der Waals surface area contributed by atoms with E-state index in [2.05, 4.69) is 10.3 Å². The number of halogens is 3. The number of thioether (sulfide) groups is 1. The molecule has 1 unspecified atom stereocenters. The summed E-state index contributed by atoms with van der Waals surface area (Å²) < 4.78 is 38.9. The molecule has 0 aliphatic carbocycles. The van der Waals surface area contributed by atoms with Crippen LogP contribution in [0, 0.1) is 0 Å². The maximum absolute atomic E-state index is 12.4. The highest BCUT2D eigenvalue weighted by Crippen LogP contribution is 2.30. The molecule has 0 spiro atoms. The van der Waals surface area contributed by atoms with E-state index in [1.165, 1.54) is 0 Å². The highest BCUT2D eigenvalue weighted by atomic mass is 32.2. The Labute approximate surface area is 152 Å². The van der Waals surface area contributed by atoms with Gasteiger partial charge >= 0.3 is 5.51 Å². The van der Waals surface area contributed by atoms with Crippen molar-refractivity contribution in [2.24, 2.45) is 7.05 Å². The van der Waals surface area contributed by atoms with Gasteiger partial charge in [-0.05, 0) is 29.5 Å². The lowest BCUT2D eigenvalue weighted by Crippen LogP contribution is -2.33. The van der Waals surface area contributed by atoms with Crippen LogP contribution in [-0.2, 0) is 11.8 Å². The second-order valence-electron chi connectivity index (χ2n) is 5.66. The van der Waals surface area contributed by atoms with Crippen LogP contribution in [0.1, 0.15) is 17.4 Å². The number of benzene rings is 2. The third-order valence-electron chi connectivity index (χ3n) is 3.89. The Bertz CT molecular complexity index is 909. The number of rotatable bonds is 5. The van der Waals surface area contributed by atoms with Gasteiger partial charge in [-0.2, -0.15) is 13.2 Å². The molecule has 2 aromatic carbocycles. The molecular formula is C18H16F3N3OS. The highest BCUT2D eigenvalue weighted by molar-refractivity contribution is 8.00. The largest absolute Gasteiger partial charge is 0.442 e. The number of amides is 1. The van der Waals surface area contributed by atoms with Gasteiger partial charge in [0.25, 0.3) is 0 Å². The molecule has 0 saturated carbocycles. The van der Waals surface area contributed by atoms with Crippen molar-refractivity contribution in [3.63, 3.8) is 0 Å². The van der Waals surface area contributed by atoms with Gasteiger partial charge in [0.15, 0.2) is 0 Å². The van der Waals surface area contributed by atoms with Crippen LogP contribution in [0.25, 0.3) is 11.0 Å². The minimum Gasteiger partial charge on any atom is -0.341 e. The van der Waals surface area contributed by atoms with Gasteiger partial charge in [-0.1, -0.05) is 42.5 Å². The second kappa shape index (κ2) is 7.41. The predicted octanol–water partition coefficient (Wildman–Crippen LogP) is 4.03. The molecule has 1 N–H and O–H groups in total. The summed E-state index contributed by atoms with van der Waals surface area (Å²) >= 11 is -0.356. The van der Waals surface area contributed by atoms with E-state index in [9.17, 15) is 18.0 Å². The second-order valence-corrected chi connectivity index (χ2v) is 6.70. The fraction of sp³-hybridized carbons (Fsp3) is 0.222. The average molecular weight is 379 g/mol. The SMILES string of the molecule is Cn1c(C(NC(=O)CSC(F)(F)F)c2ccccc2)nc2ccccc21. The molecule has 1 aromatic heterocycles. The number of nitrogens with zero attached hydrogens (tertiary/aromatic N) is 2. The highest BCUT2D eigenvalue weighted by Gasteiger charge is 2.30. The van der Waals surface area contributed by atoms with E-state index in [-0.39, 0.29) is 11.8 Å². The third-order valence-corrected chi connectivity index (χ3v) is 4.62. The van der Waals surface area contributed by atoms with Crippen molar-refractivity contribution in [3.8, 4) is 0 Å². The van der Waals surface area contributed by atoms with E-state index in [0.29, 0.717) is 5.82 Å². The average Bonchev–Trinajstić information content (AvgIpc) is 2.95. The summed E-state index contributed by atoms with van der Waals surface area (Å²) in [5.41, 5.74) is -2.07. The number of carbonyl (C=O) groups excluding carboxylic acids is 1. The molecule has 136 valence electrons. The van der Waals surface area contributed by atoms with E-state index < -0.39 is 23.2 Å². The van der Waals surface area contributed by atoms with Crippen LogP contribution in [0.4, 0.5) is 13.2 Å². The molecule has 1 amide bonds. The summed E-state index contributed by atoms with van der Waals surface area (Å²) in [6.07, 6.45) is 0. The third kappa shape index (κ3) is 4.19.